The van der Waals surface area contributed by atoms with E-state index in [0.717, 1.165) is 69.6 Å². The number of anilines is 1. The maximum Gasteiger partial charge on any atom is 0.191 e. The van der Waals surface area contributed by atoms with Crippen LogP contribution in [-0.2, 0) is 13.1 Å². The van der Waals surface area contributed by atoms with Crippen molar-refractivity contribution in [3.05, 3.63) is 54.0 Å². The fourth-order valence-electron chi connectivity index (χ4n) is 4.57. The second kappa shape index (κ2) is 13.7. The minimum absolute atomic E-state index is 0. The highest BCUT2D eigenvalue weighted by Crippen LogP contribution is 2.18. The Morgan fingerprint density at radius 1 is 1.00 bits per heavy atom. The lowest BCUT2D eigenvalue weighted by Gasteiger charge is -2.32. The predicted octanol–water partition coefficient (Wildman–Crippen LogP) is 3.80. The van der Waals surface area contributed by atoms with E-state index in [1.807, 2.05) is 25.5 Å². The van der Waals surface area contributed by atoms with Crippen molar-refractivity contribution in [3.8, 4) is 0 Å². The number of aliphatic imine (C=N–C) groups is 1. The first-order chi connectivity index (χ1) is 15.8. The molecule has 2 aromatic heterocycles. The summed E-state index contributed by atoms with van der Waals surface area (Å²) in [6.07, 6.45) is 11.2. The van der Waals surface area contributed by atoms with E-state index in [4.69, 9.17) is 0 Å². The van der Waals surface area contributed by atoms with Gasteiger partial charge in [-0.25, -0.2) is 4.98 Å². The van der Waals surface area contributed by atoms with Gasteiger partial charge in [0.15, 0.2) is 5.96 Å². The summed E-state index contributed by atoms with van der Waals surface area (Å²) in [6, 6.07) is 10.9. The standard InChI is InChI=1S/C25H37N7.HI/c1-26-25(30-22-10-16-31(17-11-22)20-23-8-4-5-12-27-23)29-19-21-9-13-28-24(18-21)32-14-6-2-3-7-15-32;/h4-5,8-9,12-13,18,22H,2-3,6-7,10-11,14-17,19-20H2,1H3,(H2,26,29,30);1H. The molecule has 0 spiro atoms. The molecule has 7 nitrogen and oxygen atoms in total. The maximum atomic E-state index is 4.63. The molecule has 0 radical (unpaired) electrons. The monoisotopic (exact) mass is 563 g/mol. The summed E-state index contributed by atoms with van der Waals surface area (Å²) in [5, 5.41) is 7.11. The van der Waals surface area contributed by atoms with Gasteiger partial charge in [-0.05, 0) is 55.5 Å². The van der Waals surface area contributed by atoms with Crippen LogP contribution in [-0.4, -0.2) is 60.1 Å². The minimum Gasteiger partial charge on any atom is -0.357 e. The van der Waals surface area contributed by atoms with Gasteiger partial charge in [0.05, 0.1) is 5.69 Å². The summed E-state index contributed by atoms with van der Waals surface area (Å²) in [6.45, 7) is 6.07. The number of aromatic nitrogens is 2. The summed E-state index contributed by atoms with van der Waals surface area (Å²) in [5.41, 5.74) is 2.39. The minimum atomic E-state index is 0. The largest absolute Gasteiger partial charge is 0.357 e. The Hall–Kier alpha value is -1.94. The van der Waals surface area contributed by atoms with E-state index in [0.29, 0.717) is 6.04 Å². The Morgan fingerprint density at radius 3 is 2.48 bits per heavy atom. The number of nitrogens with one attached hydrogen (secondary N) is 2. The van der Waals surface area contributed by atoms with Crippen LogP contribution in [0.4, 0.5) is 5.82 Å². The molecule has 4 rings (SSSR count). The molecule has 0 bridgehead atoms. The number of nitrogens with zero attached hydrogens (tertiary/aromatic N) is 5. The van der Waals surface area contributed by atoms with E-state index in [9.17, 15) is 0 Å². The van der Waals surface area contributed by atoms with E-state index in [-0.39, 0.29) is 24.0 Å². The molecule has 2 aliphatic rings. The molecule has 2 fully saturated rings. The maximum absolute atomic E-state index is 4.63. The third-order valence-electron chi connectivity index (χ3n) is 6.46. The fourth-order valence-corrected chi connectivity index (χ4v) is 4.57. The first-order valence-electron chi connectivity index (χ1n) is 12.1. The second-order valence-electron chi connectivity index (χ2n) is 8.87. The molecular formula is C25H38IN7. The zero-order chi connectivity index (χ0) is 22.0. The number of likely N-dealkylation sites (tertiary alicyclic amines) is 1. The van der Waals surface area contributed by atoms with Crippen molar-refractivity contribution in [1.29, 1.82) is 0 Å². The van der Waals surface area contributed by atoms with Crippen LogP contribution in [0.15, 0.2) is 47.7 Å². The van der Waals surface area contributed by atoms with E-state index < -0.39 is 0 Å². The van der Waals surface area contributed by atoms with Gasteiger partial charge in [0, 0.05) is 64.8 Å². The molecule has 2 saturated heterocycles. The zero-order valence-corrected chi connectivity index (χ0v) is 22.1. The highest BCUT2D eigenvalue weighted by molar-refractivity contribution is 14.0. The number of guanidine groups is 1. The van der Waals surface area contributed by atoms with E-state index in [1.165, 1.54) is 31.2 Å². The van der Waals surface area contributed by atoms with Crippen LogP contribution in [0.25, 0.3) is 0 Å². The van der Waals surface area contributed by atoms with E-state index in [1.54, 1.807) is 0 Å². The number of hydrogen-bond donors (Lipinski definition) is 2. The Kier molecular flexibility index (Phi) is 10.7. The molecular weight excluding hydrogens is 525 g/mol. The molecule has 0 aliphatic carbocycles. The summed E-state index contributed by atoms with van der Waals surface area (Å²) < 4.78 is 0. The van der Waals surface area contributed by atoms with Crippen molar-refractivity contribution in [2.75, 3.05) is 38.1 Å². The van der Waals surface area contributed by atoms with Gasteiger partial charge in [-0.2, -0.15) is 0 Å². The Balaban J connectivity index is 0.00000306. The van der Waals surface area contributed by atoms with Crippen LogP contribution in [0.1, 0.15) is 49.8 Å². The number of halogens is 1. The van der Waals surface area contributed by atoms with Crippen molar-refractivity contribution in [3.63, 3.8) is 0 Å². The topological polar surface area (TPSA) is 68.7 Å². The molecule has 33 heavy (non-hydrogen) atoms. The van der Waals surface area contributed by atoms with E-state index >= 15 is 0 Å². The molecule has 8 heteroatoms. The highest BCUT2D eigenvalue weighted by Gasteiger charge is 2.20. The van der Waals surface area contributed by atoms with Crippen LogP contribution >= 0.6 is 24.0 Å². The molecule has 0 atom stereocenters. The summed E-state index contributed by atoms with van der Waals surface area (Å²) in [7, 11) is 1.85. The van der Waals surface area contributed by atoms with Crippen molar-refractivity contribution < 1.29 is 0 Å². The van der Waals surface area contributed by atoms with Gasteiger partial charge in [0.1, 0.15) is 5.82 Å². The van der Waals surface area contributed by atoms with Crippen LogP contribution in [0.3, 0.4) is 0 Å². The normalized spacial score (nSPS) is 18.3. The molecule has 2 aliphatic heterocycles. The Morgan fingerprint density at radius 2 is 1.79 bits per heavy atom. The van der Waals surface area contributed by atoms with E-state index in [2.05, 4.69) is 59.7 Å². The van der Waals surface area contributed by atoms with Crippen molar-refractivity contribution in [2.24, 2.45) is 4.99 Å². The Labute approximate surface area is 215 Å². The van der Waals surface area contributed by atoms with Gasteiger partial charge in [-0.1, -0.05) is 18.9 Å². The first kappa shape index (κ1) is 25.7. The SMILES string of the molecule is CN=C(NCc1ccnc(N2CCCCCC2)c1)NC1CCN(Cc2ccccn2)CC1.I. The summed E-state index contributed by atoms with van der Waals surface area (Å²) >= 11 is 0. The second-order valence-corrected chi connectivity index (χ2v) is 8.87. The van der Waals surface area contributed by atoms with Crippen LogP contribution in [0.5, 0.6) is 0 Å². The zero-order valence-electron chi connectivity index (χ0n) is 19.7. The van der Waals surface area contributed by atoms with Crippen molar-refractivity contribution in [2.45, 2.75) is 57.7 Å². The molecule has 0 aromatic carbocycles. The average molecular weight is 564 g/mol. The van der Waals surface area contributed by atoms with Crippen molar-refractivity contribution in [1.82, 2.24) is 25.5 Å². The lowest BCUT2D eigenvalue weighted by molar-refractivity contribution is 0.196. The quantitative estimate of drug-likeness (QED) is 0.317. The number of pyridine rings is 2. The molecule has 4 heterocycles. The lowest BCUT2D eigenvalue weighted by atomic mass is 10.0. The van der Waals surface area contributed by atoms with Gasteiger partial charge in [0.25, 0.3) is 0 Å². The van der Waals surface area contributed by atoms with Crippen LogP contribution in [0.2, 0.25) is 0 Å². The number of piperidine rings is 1. The molecule has 2 aromatic rings. The molecule has 180 valence electrons. The van der Waals surface area contributed by atoms with Gasteiger partial charge in [-0.15, -0.1) is 24.0 Å². The average Bonchev–Trinajstić information content (AvgIpc) is 3.13. The molecule has 0 saturated carbocycles. The van der Waals surface area contributed by atoms with Gasteiger partial charge in [0.2, 0.25) is 0 Å². The van der Waals surface area contributed by atoms with Gasteiger partial charge < -0.3 is 15.5 Å². The molecule has 0 unspecified atom stereocenters. The summed E-state index contributed by atoms with van der Waals surface area (Å²) in [4.78, 5) is 18.4. The summed E-state index contributed by atoms with van der Waals surface area (Å²) in [5.74, 6) is 1.98. The first-order valence-corrected chi connectivity index (χ1v) is 12.1. The lowest BCUT2D eigenvalue weighted by Crippen LogP contribution is -2.48. The fraction of sp³-hybridized carbons (Fsp3) is 0.560. The number of hydrogen-bond acceptors (Lipinski definition) is 5. The van der Waals surface area contributed by atoms with Crippen LogP contribution in [0, 0.1) is 0 Å². The predicted molar refractivity (Wildman–Crippen MR) is 146 cm³/mol. The molecule has 2 N–H and O–H groups in total. The third-order valence-corrected chi connectivity index (χ3v) is 6.46. The number of rotatable bonds is 6. The van der Waals surface area contributed by atoms with Gasteiger partial charge >= 0.3 is 0 Å². The molecule has 0 amide bonds. The van der Waals surface area contributed by atoms with Gasteiger partial charge in [-0.3, -0.25) is 14.9 Å². The van der Waals surface area contributed by atoms with Crippen LogP contribution < -0.4 is 15.5 Å². The van der Waals surface area contributed by atoms with Crippen molar-refractivity contribution >= 4 is 35.8 Å². The highest BCUT2D eigenvalue weighted by atomic mass is 127. The third kappa shape index (κ3) is 8.10. The Bertz CT molecular complexity index is 845. The smallest absolute Gasteiger partial charge is 0.191 e.